The van der Waals surface area contributed by atoms with Crippen LogP contribution in [0, 0.1) is 0 Å². The third-order valence-corrected chi connectivity index (χ3v) is 2.22. The molecule has 0 saturated heterocycles. The van der Waals surface area contributed by atoms with E-state index in [0.29, 0.717) is 10.6 Å². The molecule has 66 valence electrons. The Morgan fingerprint density at radius 3 is 2.92 bits per heavy atom. The molecule has 0 bridgehead atoms. The molecule has 2 N–H and O–H groups in total. The van der Waals surface area contributed by atoms with E-state index in [1.54, 1.807) is 18.2 Å². The molecule has 3 heteroatoms. The van der Waals surface area contributed by atoms with Crippen LogP contribution >= 0.6 is 11.6 Å². The molecular formula is C10H8ClNO. The third kappa shape index (κ3) is 1.19. The van der Waals surface area contributed by atoms with Crippen molar-refractivity contribution in [1.29, 1.82) is 0 Å². The third-order valence-electron chi connectivity index (χ3n) is 1.98. The molecule has 1 heterocycles. The number of aromatic nitrogens is 1. The lowest BCUT2D eigenvalue weighted by Gasteiger charge is -1.91. The van der Waals surface area contributed by atoms with E-state index in [4.69, 9.17) is 11.6 Å². The zero-order chi connectivity index (χ0) is 9.42. The molecule has 2 aromatic rings. The maximum atomic E-state index is 9.46. The molecule has 0 fully saturated rings. The van der Waals surface area contributed by atoms with E-state index < -0.39 is 0 Å². The van der Waals surface area contributed by atoms with E-state index in [1.165, 1.54) is 0 Å². The number of hydrogen-bond donors (Lipinski definition) is 2. The van der Waals surface area contributed by atoms with Crippen LogP contribution in [0.4, 0.5) is 0 Å². The van der Waals surface area contributed by atoms with Gasteiger partial charge in [-0.25, -0.2) is 0 Å². The molecular weight excluding hydrogens is 186 g/mol. The first-order valence-electron chi connectivity index (χ1n) is 3.85. The van der Waals surface area contributed by atoms with Crippen molar-refractivity contribution in [3.8, 4) is 5.88 Å². The number of halogens is 1. The number of nitrogens with one attached hydrogen (secondary N) is 1. The van der Waals surface area contributed by atoms with Crippen LogP contribution in [0.5, 0.6) is 5.88 Å². The van der Waals surface area contributed by atoms with E-state index in [2.05, 4.69) is 11.6 Å². The minimum atomic E-state index is 0.132. The Hall–Kier alpha value is -1.41. The molecule has 0 radical (unpaired) electrons. The van der Waals surface area contributed by atoms with Gasteiger partial charge in [0.1, 0.15) is 0 Å². The molecule has 0 amide bonds. The fourth-order valence-corrected chi connectivity index (χ4v) is 1.56. The van der Waals surface area contributed by atoms with Gasteiger partial charge in [-0.15, -0.1) is 0 Å². The average Bonchev–Trinajstić information content (AvgIpc) is 2.39. The lowest BCUT2D eigenvalue weighted by Crippen LogP contribution is -1.68. The van der Waals surface area contributed by atoms with Crippen molar-refractivity contribution in [3.05, 3.63) is 35.4 Å². The SMILES string of the molecule is C=Cc1c(O)[nH]c2cc(Cl)ccc12. The largest absolute Gasteiger partial charge is 0.494 e. The Morgan fingerprint density at radius 1 is 1.46 bits per heavy atom. The first kappa shape index (κ1) is 8.20. The van der Waals surface area contributed by atoms with Crippen LogP contribution in [0.15, 0.2) is 24.8 Å². The van der Waals surface area contributed by atoms with E-state index in [1.807, 2.05) is 6.07 Å². The van der Waals surface area contributed by atoms with Gasteiger partial charge in [-0.3, -0.25) is 0 Å². The van der Waals surface area contributed by atoms with E-state index in [0.717, 1.165) is 10.9 Å². The van der Waals surface area contributed by atoms with Crippen molar-refractivity contribution in [3.63, 3.8) is 0 Å². The standard InChI is InChI=1S/C10H8ClNO/c1-2-7-8-4-3-6(11)5-9(8)12-10(7)13/h2-5,12-13H,1H2. The topological polar surface area (TPSA) is 36.0 Å². The Labute approximate surface area is 80.5 Å². The molecule has 0 aliphatic heterocycles. The van der Waals surface area contributed by atoms with Crippen molar-refractivity contribution in [2.45, 2.75) is 0 Å². The molecule has 0 spiro atoms. The Bertz CT molecular complexity index is 473. The molecule has 2 rings (SSSR count). The molecule has 0 saturated carbocycles. The number of benzene rings is 1. The quantitative estimate of drug-likeness (QED) is 0.717. The van der Waals surface area contributed by atoms with Crippen LogP contribution in [0.3, 0.4) is 0 Å². The summed E-state index contributed by atoms with van der Waals surface area (Å²) >= 11 is 5.80. The number of H-pyrrole nitrogens is 1. The normalized spacial score (nSPS) is 10.5. The number of aromatic amines is 1. The molecule has 1 aromatic heterocycles. The van der Waals surface area contributed by atoms with E-state index in [-0.39, 0.29) is 5.88 Å². The average molecular weight is 194 g/mol. The van der Waals surface area contributed by atoms with Gasteiger partial charge in [-0.1, -0.05) is 30.3 Å². The predicted molar refractivity (Wildman–Crippen MR) is 55.1 cm³/mol. The Kier molecular flexibility index (Phi) is 1.78. The maximum Gasteiger partial charge on any atom is 0.196 e. The van der Waals surface area contributed by atoms with Crippen molar-refractivity contribution in [2.75, 3.05) is 0 Å². The molecule has 13 heavy (non-hydrogen) atoms. The van der Waals surface area contributed by atoms with Crippen molar-refractivity contribution in [2.24, 2.45) is 0 Å². The van der Waals surface area contributed by atoms with E-state index in [9.17, 15) is 5.11 Å². The summed E-state index contributed by atoms with van der Waals surface area (Å²) in [6, 6.07) is 5.40. The first-order chi connectivity index (χ1) is 6.22. The van der Waals surface area contributed by atoms with Crippen LogP contribution < -0.4 is 0 Å². The molecule has 0 aliphatic carbocycles. The van der Waals surface area contributed by atoms with Gasteiger partial charge in [0.25, 0.3) is 0 Å². The molecule has 0 unspecified atom stereocenters. The lowest BCUT2D eigenvalue weighted by atomic mass is 10.2. The highest BCUT2D eigenvalue weighted by Gasteiger charge is 2.06. The number of rotatable bonds is 1. The lowest BCUT2D eigenvalue weighted by molar-refractivity contribution is 0.457. The fraction of sp³-hybridized carbons (Fsp3) is 0. The highest BCUT2D eigenvalue weighted by molar-refractivity contribution is 6.31. The fourth-order valence-electron chi connectivity index (χ4n) is 1.38. The van der Waals surface area contributed by atoms with Crippen LogP contribution in [-0.2, 0) is 0 Å². The second-order valence-electron chi connectivity index (χ2n) is 2.78. The van der Waals surface area contributed by atoms with Crippen molar-refractivity contribution < 1.29 is 5.11 Å². The summed E-state index contributed by atoms with van der Waals surface area (Å²) in [5.74, 6) is 0.132. The number of aromatic hydroxyl groups is 1. The maximum absolute atomic E-state index is 9.46. The summed E-state index contributed by atoms with van der Waals surface area (Å²) in [6.07, 6.45) is 1.61. The van der Waals surface area contributed by atoms with E-state index >= 15 is 0 Å². The first-order valence-corrected chi connectivity index (χ1v) is 4.23. The molecule has 1 aromatic carbocycles. The summed E-state index contributed by atoms with van der Waals surface area (Å²) in [4.78, 5) is 2.82. The van der Waals surface area contributed by atoms with Gasteiger partial charge in [0.2, 0.25) is 0 Å². The number of fused-ring (bicyclic) bond motifs is 1. The monoisotopic (exact) mass is 193 g/mol. The summed E-state index contributed by atoms with van der Waals surface area (Å²) < 4.78 is 0. The van der Waals surface area contributed by atoms with Gasteiger partial charge < -0.3 is 10.1 Å². The smallest absolute Gasteiger partial charge is 0.196 e. The van der Waals surface area contributed by atoms with Crippen LogP contribution in [0.1, 0.15) is 5.56 Å². The summed E-state index contributed by atoms with van der Waals surface area (Å²) in [5.41, 5.74) is 1.53. The number of hydrogen-bond acceptors (Lipinski definition) is 1. The van der Waals surface area contributed by atoms with Crippen LogP contribution in [0.2, 0.25) is 5.02 Å². The summed E-state index contributed by atoms with van der Waals surface area (Å²) in [6.45, 7) is 3.62. The minimum Gasteiger partial charge on any atom is -0.494 e. The molecule has 2 nitrogen and oxygen atoms in total. The Morgan fingerprint density at radius 2 is 2.23 bits per heavy atom. The zero-order valence-electron chi connectivity index (χ0n) is 6.84. The predicted octanol–water partition coefficient (Wildman–Crippen LogP) is 3.17. The zero-order valence-corrected chi connectivity index (χ0v) is 7.60. The Balaban J connectivity index is 2.86. The second kappa shape index (κ2) is 2.82. The summed E-state index contributed by atoms with van der Waals surface area (Å²) in [5, 5.41) is 11.0. The highest BCUT2D eigenvalue weighted by Crippen LogP contribution is 2.29. The minimum absolute atomic E-state index is 0.132. The van der Waals surface area contributed by atoms with Crippen LogP contribution in [0.25, 0.3) is 17.0 Å². The van der Waals surface area contributed by atoms with Gasteiger partial charge in [-0.2, -0.15) is 0 Å². The van der Waals surface area contributed by atoms with Gasteiger partial charge in [0.05, 0.1) is 5.52 Å². The van der Waals surface area contributed by atoms with Crippen molar-refractivity contribution >= 4 is 28.6 Å². The van der Waals surface area contributed by atoms with Gasteiger partial charge in [0, 0.05) is 16.0 Å². The van der Waals surface area contributed by atoms with Gasteiger partial charge in [0.15, 0.2) is 5.88 Å². The molecule has 0 atom stereocenters. The molecule has 0 aliphatic rings. The van der Waals surface area contributed by atoms with Gasteiger partial charge in [-0.05, 0) is 12.1 Å². The van der Waals surface area contributed by atoms with Crippen molar-refractivity contribution in [1.82, 2.24) is 4.98 Å². The second-order valence-corrected chi connectivity index (χ2v) is 3.22. The van der Waals surface area contributed by atoms with Gasteiger partial charge >= 0.3 is 0 Å². The summed E-state index contributed by atoms with van der Waals surface area (Å²) in [7, 11) is 0. The highest BCUT2D eigenvalue weighted by atomic mass is 35.5. The van der Waals surface area contributed by atoms with Crippen LogP contribution in [-0.4, -0.2) is 10.1 Å².